The Labute approximate surface area is 97.0 Å². The van der Waals surface area contributed by atoms with Crippen molar-refractivity contribution in [2.75, 3.05) is 4.43 Å². The van der Waals surface area contributed by atoms with E-state index < -0.39 is 0 Å². The highest BCUT2D eigenvalue weighted by Gasteiger charge is 2.45. The van der Waals surface area contributed by atoms with Crippen molar-refractivity contribution in [1.29, 1.82) is 0 Å². The first kappa shape index (κ1) is 13.7. The van der Waals surface area contributed by atoms with E-state index >= 15 is 0 Å². The molecule has 0 fully saturated rings. The molecule has 0 rings (SSSR count). The Bertz CT molecular complexity index is 153. The molecule has 0 spiro atoms. The first-order valence-corrected chi connectivity index (χ1v) is 6.57. The number of halogens is 1. The molecule has 13 heavy (non-hydrogen) atoms. The Balaban J connectivity index is 5.01. The van der Waals surface area contributed by atoms with Gasteiger partial charge in [0.2, 0.25) is 0 Å². The number of nitrogens with two attached hydrogens (primary N) is 1. The van der Waals surface area contributed by atoms with Crippen LogP contribution >= 0.6 is 22.6 Å². The number of hydrogen-bond donors (Lipinski definition) is 1. The SMILES string of the molecule is CC(C)C(C)(C(C)C)C(C)(N)CI. The molecule has 0 aromatic heterocycles. The standard InChI is InChI=1S/C11H24IN/c1-8(2)11(6,9(3)4)10(5,13)7-12/h8-9H,7,13H2,1-6H3. The molecular formula is C11H24IN. The largest absolute Gasteiger partial charge is 0.324 e. The van der Waals surface area contributed by atoms with E-state index in [-0.39, 0.29) is 11.0 Å². The highest BCUT2D eigenvalue weighted by atomic mass is 127. The van der Waals surface area contributed by atoms with Gasteiger partial charge in [0.05, 0.1) is 0 Å². The lowest BCUT2D eigenvalue weighted by molar-refractivity contribution is 0.0534. The molecule has 1 nitrogen and oxygen atoms in total. The zero-order valence-electron chi connectivity index (χ0n) is 9.82. The minimum atomic E-state index is -0.0735. The summed E-state index contributed by atoms with van der Waals surface area (Å²) in [5.41, 5.74) is 6.53. The average Bonchev–Trinajstić information content (AvgIpc) is 2.01. The van der Waals surface area contributed by atoms with E-state index in [4.69, 9.17) is 5.73 Å². The molecule has 0 bridgehead atoms. The number of alkyl halides is 1. The summed E-state index contributed by atoms with van der Waals surface area (Å²) in [5, 5.41) is 0. The van der Waals surface area contributed by atoms with Crippen LogP contribution in [0.4, 0.5) is 0 Å². The van der Waals surface area contributed by atoms with E-state index in [1.165, 1.54) is 0 Å². The monoisotopic (exact) mass is 297 g/mol. The van der Waals surface area contributed by atoms with Gasteiger partial charge in [0, 0.05) is 9.97 Å². The lowest BCUT2D eigenvalue weighted by Crippen LogP contribution is -2.58. The fourth-order valence-electron chi connectivity index (χ4n) is 2.13. The Hall–Kier alpha value is 0.690. The van der Waals surface area contributed by atoms with Crippen LogP contribution in [0.2, 0.25) is 0 Å². The van der Waals surface area contributed by atoms with E-state index in [0.29, 0.717) is 11.8 Å². The Morgan fingerprint density at radius 1 is 1.08 bits per heavy atom. The van der Waals surface area contributed by atoms with Crippen molar-refractivity contribution in [2.45, 2.75) is 47.1 Å². The molecule has 1 unspecified atom stereocenters. The summed E-state index contributed by atoms with van der Waals surface area (Å²) < 4.78 is 1.01. The topological polar surface area (TPSA) is 26.0 Å². The van der Waals surface area contributed by atoms with Crippen molar-refractivity contribution in [2.24, 2.45) is 23.0 Å². The summed E-state index contributed by atoms with van der Waals surface area (Å²) in [7, 11) is 0. The van der Waals surface area contributed by atoms with E-state index in [1.54, 1.807) is 0 Å². The first-order chi connectivity index (χ1) is 5.70. The maximum atomic E-state index is 6.39. The molecule has 0 amide bonds. The van der Waals surface area contributed by atoms with Gasteiger partial charge in [0.1, 0.15) is 0 Å². The van der Waals surface area contributed by atoms with Crippen molar-refractivity contribution >= 4 is 22.6 Å². The van der Waals surface area contributed by atoms with Crippen molar-refractivity contribution in [3.8, 4) is 0 Å². The van der Waals surface area contributed by atoms with Crippen LogP contribution in [0.3, 0.4) is 0 Å². The average molecular weight is 297 g/mol. The quantitative estimate of drug-likeness (QED) is 0.624. The molecule has 0 saturated heterocycles. The summed E-state index contributed by atoms with van der Waals surface area (Å²) in [4.78, 5) is 0. The van der Waals surface area contributed by atoms with Gasteiger partial charge < -0.3 is 5.73 Å². The summed E-state index contributed by atoms with van der Waals surface area (Å²) in [6.45, 7) is 13.6. The molecule has 2 heteroatoms. The Kier molecular flexibility index (Phi) is 4.71. The van der Waals surface area contributed by atoms with Gasteiger partial charge in [0.25, 0.3) is 0 Å². The predicted octanol–water partition coefficient (Wildman–Crippen LogP) is 3.46. The van der Waals surface area contributed by atoms with Crippen molar-refractivity contribution in [1.82, 2.24) is 0 Å². The summed E-state index contributed by atoms with van der Waals surface area (Å²) in [6, 6.07) is 0. The first-order valence-electron chi connectivity index (χ1n) is 5.05. The maximum absolute atomic E-state index is 6.39. The molecule has 0 aliphatic heterocycles. The Morgan fingerprint density at radius 2 is 1.38 bits per heavy atom. The molecule has 1 atom stereocenters. The van der Waals surface area contributed by atoms with E-state index in [0.717, 1.165) is 4.43 Å². The fourth-order valence-corrected chi connectivity index (χ4v) is 2.95. The number of hydrogen-bond acceptors (Lipinski definition) is 1. The zero-order chi connectivity index (χ0) is 10.9. The van der Waals surface area contributed by atoms with Gasteiger partial charge >= 0.3 is 0 Å². The van der Waals surface area contributed by atoms with Gasteiger partial charge in [-0.05, 0) is 24.2 Å². The summed E-state index contributed by atoms with van der Waals surface area (Å²) >= 11 is 2.40. The zero-order valence-corrected chi connectivity index (χ0v) is 12.0. The summed E-state index contributed by atoms with van der Waals surface area (Å²) in [5.74, 6) is 1.24. The highest BCUT2D eigenvalue weighted by Crippen LogP contribution is 2.44. The normalized spacial score (nSPS) is 18.0. The van der Waals surface area contributed by atoms with Crippen molar-refractivity contribution in [3.63, 3.8) is 0 Å². The second-order valence-corrected chi connectivity index (χ2v) is 5.91. The van der Waals surface area contributed by atoms with Gasteiger partial charge in [-0.2, -0.15) is 0 Å². The van der Waals surface area contributed by atoms with Crippen LogP contribution < -0.4 is 5.73 Å². The molecule has 0 saturated carbocycles. The molecule has 2 N–H and O–H groups in total. The third kappa shape index (κ3) is 2.38. The van der Waals surface area contributed by atoms with E-state index in [2.05, 4.69) is 64.1 Å². The van der Waals surface area contributed by atoms with Gasteiger partial charge in [-0.1, -0.05) is 57.2 Å². The minimum Gasteiger partial charge on any atom is -0.324 e. The molecule has 0 aliphatic rings. The van der Waals surface area contributed by atoms with Gasteiger partial charge in [-0.25, -0.2) is 0 Å². The third-order valence-corrected chi connectivity index (χ3v) is 5.49. The summed E-state index contributed by atoms with van der Waals surface area (Å²) in [6.07, 6.45) is 0. The van der Waals surface area contributed by atoms with Crippen molar-refractivity contribution in [3.05, 3.63) is 0 Å². The fraction of sp³-hybridized carbons (Fsp3) is 1.00. The van der Waals surface area contributed by atoms with Gasteiger partial charge in [-0.15, -0.1) is 0 Å². The van der Waals surface area contributed by atoms with Crippen LogP contribution in [0, 0.1) is 17.3 Å². The van der Waals surface area contributed by atoms with Crippen LogP contribution in [-0.2, 0) is 0 Å². The molecule has 80 valence electrons. The lowest BCUT2D eigenvalue weighted by atomic mass is 9.60. The van der Waals surface area contributed by atoms with Crippen LogP contribution in [0.5, 0.6) is 0 Å². The molecule has 0 heterocycles. The third-order valence-electron chi connectivity index (χ3n) is 3.91. The van der Waals surface area contributed by atoms with Crippen LogP contribution in [0.25, 0.3) is 0 Å². The van der Waals surface area contributed by atoms with Crippen LogP contribution in [0.15, 0.2) is 0 Å². The van der Waals surface area contributed by atoms with Crippen LogP contribution in [-0.4, -0.2) is 9.97 Å². The van der Waals surface area contributed by atoms with E-state index in [1.807, 2.05) is 0 Å². The molecule has 0 aromatic carbocycles. The minimum absolute atomic E-state index is 0.0735. The maximum Gasteiger partial charge on any atom is 0.0275 e. The predicted molar refractivity (Wildman–Crippen MR) is 69.3 cm³/mol. The second kappa shape index (κ2) is 4.47. The number of rotatable bonds is 4. The molecular weight excluding hydrogens is 273 g/mol. The van der Waals surface area contributed by atoms with E-state index in [9.17, 15) is 0 Å². The lowest BCUT2D eigenvalue weighted by Gasteiger charge is -2.49. The molecule has 0 aliphatic carbocycles. The van der Waals surface area contributed by atoms with Crippen LogP contribution in [0.1, 0.15) is 41.5 Å². The van der Waals surface area contributed by atoms with Crippen molar-refractivity contribution < 1.29 is 0 Å². The second-order valence-electron chi connectivity index (χ2n) is 5.14. The Morgan fingerprint density at radius 3 is 1.46 bits per heavy atom. The molecule has 0 aromatic rings. The van der Waals surface area contributed by atoms with Gasteiger partial charge in [0.15, 0.2) is 0 Å². The highest BCUT2D eigenvalue weighted by molar-refractivity contribution is 14.1. The molecule has 0 radical (unpaired) electrons. The smallest absolute Gasteiger partial charge is 0.0275 e. The van der Waals surface area contributed by atoms with Gasteiger partial charge in [-0.3, -0.25) is 0 Å².